The van der Waals surface area contributed by atoms with Crippen molar-refractivity contribution >= 4 is 27.0 Å². The molecule has 0 fully saturated rings. The van der Waals surface area contributed by atoms with E-state index in [1.54, 1.807) is 0 Å². The third-order valence-corrected chi connectivity index (χ3v) is 2.45. The monoisotopic (exact) mass is 225 g/mol. The Bertz CT molecular complexity index is 408. The summed E-state index contributed by atoms with van der Waals surface area (Å²) in [4.78, 5) is 0. The molecular formula is C8H8BrN3. The minimum atomic E-state index is 0.896. The van der Waals surface area contributed by atoms with Crippen LogP contribution in [0.15, 0.2) is 16.6 Å². The van der Waals surface area contributed by atoms with Crippen LogP contribution in [0.1, 0.15) is 12.5 Å². The van der Waals surface area contributed by atoms with Gasteiger partial charge in [-0.25, -0.2) is 0 Å². The summed E-state index contributed by atoms with van der Waals surface area (Å²) in [5.74, 6) is 0. The molecule has 4 heteroatoms. The maximum Gasteiger partial charge on any atom is 0.127 e. The van der Waals surface area contributed by atoms with Crippen molar-refractivity contribution in [2.45, 2.75) is 13.3 Å². The minimum Gasteiger partial charge on any atom is -0.197 e. The summed E-state index contributed by atoms with van der Waals surface area (Å²) in [6, 6.07) is 4.12. The van der Waals surface area contributed by atoms with Crippen molar-refractivity contribution in [3.8, 4) is 0 Å². The molecule has 0 atom stereocenters. The number of H-pyrrole nitrogens is 1. The Morgan fingerprint density at radius 2 is 2.25 bits per heavy atom. The number of hydrogen-bond donors (Lipinski definition) is 1. The summed E-state index contributed by atoms with van der Waals surface area (Å²) in [7, 11) is 0. The average molecular weight is 226 g/mol. The Labute approximate surface area is 78.3 Å². The van der Waals surface area contributed by atoms with Crippen molar-refractivity contribution in [3.05, 3.63) is 22.2 Å². The Morgan fingerprint density at radius 1 is 1.42 bits per heavy atom. The van der Waals surface area contributed by atoms with E-state index >= 15 is 0 Å². The molecule has 0 amide bonds. The number of nitrogens with one attached hydrogen (secondary N) is 1. The summed E-state index contributed by atoms with van der Waals surface area (Å²) in [5.41, 5.74) is 3.08. The van der Waals surface area contributed by atoms with Crippen molar-refractivity contribution in [3.63, 3.8) is 0 Å². The van der Waals surface area contributed by atoms with Crippen molar-refractivity contribution in [2.75, 3.05) is 0 Å². The quantitative estimate of drug-likeness (QED) is 0.810. The number of aryl methyl sites for hydroxylation is 1. The van der Waals surface area contributed by atoms with Gasteiger partial charge < -0.3 is 0 Å². The highest BCUT2D eigenvalue weighted by Gasteiger charge is 2.03. The summed E-state index contributed by atoms with van der Waals surface area (Å²) < 4.78 is 1.01. The molecule has 3 nitrogen and oxygen atoms in total. The van der Waals surface area contributed by atoms with Crippen LogP contribution in [-0.2, 0) is 6.42 Å². The lowest BCUT2D eigenvalue weighted by molar-refractivity contribution is 0.959. The zero-order valence-electron chi connectivity index (χ0n) is 6.63. The van der Waals surface area contributed by atoms with Crippen LogP contribution in [0.2, 0.25) is 0 Å². The van der Waals surface area contributed by atoms with E-state index in [1.165, 1.54) is 5.56 Å². The molecule has 1 N–H and O–H groups in total. The first kappa shape index (κ1) is 7.73. The number of halogens is 1. The Morgan fingerprint density at radius 3 is 3.00 bits per heavy atom. The first-order valence-electron chi connectivity index (χ1n) is 3.80. The van der Waals surface area contributed by atoms with Gasteiger partial charge in [-0.05, 0) is 40.0 Å². The second-order valence-corrected chi connectivity index (χ2v) is 3.48. The molecule has 0 aliphatic rings. The van der Waals surface area contributed by atoms with E-state index in [4.69, 9.17) is 0 Å². The molecule has 2 rings (SSSR count). The van der Waals surface area contributed by atoms with Crippen LogP contribution < -0.4 is 0 Å². The number of nitrogens with zero attached hydrogens (tertiary/aromatic N) is 2. The molecular weight excluding hydrogens is 218 g/mol. The lowest BCUT2D eigenvalue weighted by Crippen LogP contribution is -1.81. The van der Waals surface area contributed by atoms with E-state index in [2.05, 4.69) is 44.3 Å². The summed E-state index contributed by atoms with van der Waals surface area (Å²) >= 11 is 3.45. The molecule has 1 aromatic carbocycles. The fourth-order valence-electron chi connectivity index (χ4n) is 1.17. The Hall–Kier alpha value is -0.900. The molecule has 0 saturated heterocycles. The lowest BCUT2D eigenvalue weighted by Gasteiger charge is -1.96. The van der Waals surface area contributed by atoms with Gasteiger partial charge in [0.1, 0.15) is 11.0 Å². The van der Waals surface area contributed by atoms with Crippen LogP contribution in [0, 0.1) is 0 Å². The van der Waals surface area contributed by atoms with Gasteiger partial charge in [0.15, 0.2) is 0 Å². The van der Waals surface area contributed by atoms with Crippen LogP contribution in [0.5, 0.6) is 0 Å². The van der Waals surface area contributed by atoms with E-state index in [0.717, 1.165) is 21.9 Å². The van der Waals surface area contributed by atoms with E-state index in [9.17, 15) is 0 Å². The second kappa shape index (κ2) is 2.86. The van der Waals surface area contributed by atoms with E-state index in [-0.39, 0.29) is 0 Å². The van der Waals surface area contributed by atoms with Crippen molar-refractivity contribution in [1.82, 2.24) is 15.4 Å². The molecule has 0 radical (unpaired) electrons. The molecule has 0 spiro atoms. The molecule has 0 aliphatic carbocycles. The van der Waals surface area contributed by atoms with Gasteiger partial charge in [-0.15, -0.1) is 0 Å². The lowest BCUT2D eigenvalue weighted by atomic mass is 10.1. The Kier molecular flexibility index (Phi) is 1.84. The zero-order valence-corrected chi connectivity index (χ0v) is 8.22. The number of benzene rings is 1. The SMILES string of the molecule is CCc1cc(Br)c2n[nH]nc2c1. The van der Waals surface area contributed by atoms with Gasteiger partial charge >= 0.3 is 0 Å². The molecule has 1 aromatic heterocycles. The number of hydrogen-bond acceptors (Lipinski definition) is 2. The topological polar surface area (TPSA) is 41.6 Å². The third kappa shape index (κ3) is 1.12. The third-order valence-electron chi connectivity index (χ3n) is 1.84. The van der Waals surface area contributed by atoms with Crippen molar-refractivity contribution < 1.29 is 0 Å². The van der Waals surface area contributed by atoms with Gasteiger partial charge in [0.25, 0.3) is 0 Å². The van der Waals surface area contributed by atoms with Gasteiger partial charge in [-0.2, -0.15) is 15.4 Å². The van der Waals surface area contributed by atoms with Gasteiger partial charge in [0.2, 0.25) is 0 Å². The van der Waals surface area contributed by atoms with Crippen LogP contribution >= 0.6 is 15.9 Å². The van der Waals surface area contributed by atoms with Gasteiger partial charge in [0.05, 0.1) is 0 Å². The van der Waals surface area contributed by atoms with Crippen LogP contribution in [0.25, 0.3) is 11.0 Å². The number of aromatic amines is 1. The largest absolute Gasteiger partial charge is 0.197 e. The first-order chi connectivity index (χ1) is 5.81. The number of fused-ring (bicyclic) bond motifs is 1. The van der Waals surface area contributed by atoms with Crippen LogP contribution in [0.4, 0.5) is 0 Å². The smallest absolute Gasteiger partial charge is 0.127 e. The van der Waals surface area contributed by atoms with Crippen molar-refractivity contribution in [1.29, 1.82) is 0 Å². The Balaban J connectivity index is 2.75. The van der Waals surface area contributed by atoms with E-state index in [1.807, 2.05) is 6.07 Å². The highest BCUT2D eigenvalue weighted by atomic mass is 79.9. The molecule has 0 saturated carbocycles. The second-order valence-electron chi connectivity index (χ2n) is 2.62. The van der Waals surface area contributed by atoms with Gasteiger partial charge in [0, 0.05) is 4.47 Å². The molecule has 0 bridgehead atoms. The number of aromatic nitrogens is 3. The molecule has 1 heterocycles. The molecule has 62 valence electrons. The maximum absolute atomic E-state index is 4.02. The fraction of sp³-hybridized carbons (Fsp3) is 0.250. The molecule has 12 heavy (non-hydrogen) atoms. The zero-order chi connectivity index (χ0) is 8.55. The van der Waals surface area contributed by atoms with Crippen LogP contribution in [0.3, 0.4) is 0 Å². The van der Waals surface area contributed by atoms with E-state index in [0.29, 0.717) is 0 Å². The maximum atomic E-state index is 4.02. The highest BCUT2D eigenvalue weighted by Crippen LogP contribution is 2.22. The summed E-state index contributed by atoms with van der Waals surface area (Å²) in [6.07, 6.45) is 1.02. The van der Waals surface area contributed by atoms with Gasteiger partial charge in [-0.3, -0.25) is 0 Å². The predicted molar refractivity (Wildman–Crippen MR) is 51.0 cm³/mol. The van der Waals surface area contributed by atoms with Crippen LogP contribution in [-0.4, -0.2) is 15.4 Å². The highest BCUT2D eigenvalue weighted by molar-refractivity contribution is 9.10. The number of rotatable bonds is 1. The molecule has 2 aromatic rings. The van der Waals surface area contributed by atoms with E-state index < -0.39 is 0 Å². The van der Waals surface area contributed by atoms with Crippen molar-refractivity contribution in [2.24, 2.45) is 0 Å². The predicted octanol–water partition coefficient (Wildman–Crippen LogP) is 2.28. The summed E-state index contributed by atoms with van der Waals surface area (Å²) in [5, 5.41) is 10.6. The van der Waals surface area contributed by atoms with Gasteiger partial charge in [-0.1, -0.05) is 6.92 Å². The normalized spacial score (nSPS) is 10.8. The molecule has 0 unspecified atom stereocenters. The fourth-order valence-corrected chi connectivity index (χ4v) is 1.75. The summed E-state index contributed by atoms with van der Waals surface area (Å²) in [6.45, 7) is 2.12. The first-order valence-corrected chi connectivity index (χ1v) is 4.59. The standard InChI is InChI=1S/C8H8BrN3/c1-2-5-3-6(9)8-7(4-5)10-12-11-8/h3-4H,2H2,1H3,(H,10,11,12). The molecule has 0 aliphatic heterocycles. The minimum absolute atomic E-state index is 0.896. The average Bonchev–Trinajstić information content (AvgIpc) is 2.52.